The van der Waals surface area contributed by atoms with E-state index in [2.05, 4.69) is 4.98 Å². The van der Waals surface area contributed by atoms with Crippen LogP contribution in [0.2, 0.25) is 0 Å². The molecule has 0 saturated carbocycles. The van der Waals surface area contributed by atoms with E-state index in [9.17, 15) is 14.7 Å². The number of rotatable bonds is 4. The molecule has 1 atom stereocenters. The molecule has 9 heteroatoms. The zero-order chi connectivity index (χ0) is 27.3. The minimum Gasteiger partial charge on any atom is -0.501 e. The normalized spacial score (nSPS) is 14.8. The van der Waals surface area contributed by atoms with Gasteiger partial charge in [0.15, 0.2) is 11.3 Å². The van der Waals surface area contributed by atoms with Crippen LogP contribution in [0, 0.1) is 0 Å². The molecule has 196 valence electrons. The zero-order valence-electron chi connectivity index (χ0n) is 21.8. The van der Waals surface area contributed by atoms with Gasteiger partial charge < -0.3 is 19.3 Å². The van der Waals surface area contributed by atoms with E-state index < -0.39 is 11.3 Å². The molecular formula is C30H27N5O4. The van der Waals surface area contributed by atoms with Crippen molar-refractivity contribution in [3.63, 3.8) is 0 Å². The first-order chi connectivity index (χ1) is 18.8. The summed E-state index contributed by atoms with van der Waals surface area (Å²) in [7, 11) is 5.04. The SMILES string of the molecule is CN(C)C(=O)c1ccc2c(c1)[C@H](c1ccccc1)N(c1nc(-c3nc4ccccc4o3)c(O)c(=O)n1C)CC2. The molecule has 0 fully saturated rings. The van der Waals surface area contributed by atoms with Crippen LogP contribution in [-0.2, 0) is 13.5 Å². The van der Waals surface area contributed by atoms with Crippen LogP contribution in [0.25, 0.3) is 22.7 Å². The Balaban J connectivity index is 1.54. The fraction of sp³-hybridized carbons (Fsp3) is 0.200. The highest BCUT2D eigenvalue weighted by Crippen LogP contribution is 2.39. The minimum absolute atomic E-state index is 0.0153. The molecule has 1 aliphatic rings. The van der Waals surface area contributed by atoms with Gasteiger partial charge in [0.1, 0.15) is 5.52 Å². The number of oxazole rings is 1. The number of anilines is 1. The van der Waals surface area contributed by atoms with Gasteiger partial charge in [0.25, 0.3) is 17.4 Å². The Morgan fingerprint density at radius 1 is 1.03 bits per heavy atom. The van der Waals surface area contributed by atoms with Crippen LogP contribution in [0.5, 0.6) is 5.75 Å². The number of nitrogens with zero attached hydrogens (tertiary/aromatic N) is 5. The summed E-state index contributed by atoms with van der Waals surface area (Å²) in [6.07, 6.45) is 0.685. The van der Waals surface area contributed by atoms with E-state index in [0.717, 1.165) is 16.7 Å². The molecule has 0 spiro atoms. The lowest BCUT2D eigenvalue weighted by Crippen LogP contribution is -2.40. The molecule has 0 saturated heterocycles. The first-order valence-electron chi connectivity index (χ1n) is 12.7. The molecule has 0 bridgehead atoms. The number of carbonyl (C=O) groups is 1. The Morgan fingerprint density at radius 3 is 2.51 bits per heavy atom. The van der Waals surface area contributed by atoms with Crippen molar-refractivity contribution in [3.8, 4) is 17.3 Å². The molecule has 0 radical (unpaired) electrons. The van der Waals surface area contributed by atoms with E-state index in [4.69, 9.17) is 9.40 Å². The highest BCUT2D eigenvalue weighted by atomic mass is 16.4. The lowest BCUT2D eigenvalue weighted by Gasteiger charge is -2.39. The van der Waals surface area contributed by atoms with Crippen LogP contribution >= 0.6 is 0 Å². The van der Waals surface area contributed by atoms with E-state index in [1.54, 1.807) is 38.2 Å². The molecule has 9 nitrogen and oxygen atoms in total. The fourth-order valence-corrected chi connectivity index (χ4v) is 5.17. The number of aromatic nitrogens is 3. The Morgan fingerprint density at radius 2 is 1.77 bits per heavy atom. The molecule has 0 aliphatic carbocycles. The van der Waals surface area contributed by atoms with Crippen molar-refractivity contribution in [2.75, 3.05) is 25.5 Å². The second kappa shape index (κ2) is 9.43. The van der Waals surface area contributed by atoms with Crippen molar-refractivity contribution in [2.45, 2.75) is 12.5 Å². The van der Waals surface area contributed by atoms with Crippen molar-refractivity contribution in [1.82, 2.24) is 19.4 Å². The molecule has 2 aromatic heterocycles. The summed E-state index contributed by atoms with van der Waals surface area (Å²) >= 11 is 0. The number of aromatic hydroxyl groups is 1. The predicted molar refractivity (Wildman–Crippen MR) is 148 cm³/mol. The van der Waals surface area contributed by atoms with Crippen LogP contribution < -0.4 is 10.5 Å². The quantitative estimate of drug-likeness (QED) is 0.379. The Kier molecular flexibility index (Phi) is 5.91. The second-order valence-electron chi connectivity index (χ2n) is 9.83. The van der Waals surface area contributed by atoms with E-state index in [0.29, 0.717) is 35.6 Å². The van der Waals surface area contributed by atoms with Gasteiger partial charge in [-0.1, -0.05) is 48.5 Å². The standard InChI is InChI=1S/C30H27N5O4/c1-33(2)28(37)20-14-13-18-15-16-35(25(21(18)17-20)19-9-5-4-6-10-19)30-32-24(26(36)29(38)34(30)3)27-31-22-11-7-8-12-23(22)39-27/h4-14,17,25,36H,15-16H2,1-3H3/t25-/m0/s1. The number of carbonyl (C=O) groups excluding carboxylic acids is 1. The fourth-order valence-electron chi connectivity index (χ4n) is 5.17. The molecule has 1 amide bonds. The summed E-state index contributed by atoms with van der Waals surface area (Å²) in [6, 6.07) is 22.6. The van der Waals surface area contributed by atoms with Gasteiger partial charge >= 0.3 is 0 Å². The van der Waals surface area contributed by atoms with Crippen molar-refractivity contribution in [2.24, 2.45) is 7.05 Å². The van der Waals surface area contributed by atoms with Crippen molar-refractivity contribution in [1.29, 1.82) is 0 Å². The van der Waals surface area contributed by atoms with Gasteiger partial charge in [0.2, 0.25) is 11.7 Å². The van der Waals surface area contributed by atoms with Gasteiger partial charge in [-0.3, -0.25) is 14.2 Å². The summed E-state index contributed by atoms with van der Waals surface area (Å²) in [6.45, 7) is 0.561. The maximum absolute atomic E-state index is 13.3. The Hall–Kier alpha value is -4.92. The third-order valence-electron chi connectivity index (χ3n) is 7.14. The first-order valence-corrected chi connectivity index (χ1v) is 12.7. The van der Waals surface area contributed by atoms with Crippen molar-refractivity contribution >= 4 is 23.0 Å². The summed E-state index contributed by atoms with van der Waals surface area (Å²) in [4.78, 5) is 38.9. The zero-order valence-corrected chi connectivity index (χ0v) is 21.8. The predicted octanol–water partition coefficient (Wildman–Crippen LogP) is 4.15. The van der Waals surface area contributed by atoms with Crippen LogP contribution in [-0.4, -0.2) is 51.1 Å². The van der Waals surface area contributed by atoms with Crippen molar-refractivity contribution in [3.05, 3.63) is 105 Å². The van der Waals surface area contributed by atoms with E-state index >= 15 is 0 Å². The average Bonchev–Trinajstić information content (AvgIpc) is 3.39. The summed E-state index contributed by atoms with van der Waals surface area (Å²) in [5.74, 6) is -0.186. The van der Waals surface area contributed by atoms with Gasteiger partial charge in [-0.05, 0) is 47.4 Å². The van der Waals surface area contributed by atoms with Gasteiger partial charge in [-0.15, -0.1) is 0 Å². The Bertz CT molecular complexity index is 1740. The highest BCUT2D eigenvalue weighted by molar-refractivity contribution is 5.94. The first kappa shape index (κ1) is 24.4. The van der Waals surface area contributed by atoms with Crippen LogP contribution in [0.4, 0.5) is 5.95 Å². The molecule has 1 aliphatic heterocycles. The number of fused-ring (bicyclic) bond motifs is 2. The molecule has 0 unspecified atom stereocenters. The molecule has 3 heterocycles. The van der Waals surface area contributed by atoms with Gasteiger partial charge in [-0.2, -0.15) is 0 Å². The van der Waals surface area contributed by atoms with E-state index in [1.165, 1.54) is 4.57 Å². The molecule has 6 rings (SSSR count). The molecule has 1 N–H and O–H groups in total. The Labute approximate surface area is 224 Å². The number of para-hydroxylation sites is 2. The minimum atomic E-state index is -0.605. The lowest BCUT2D eigenvalue weighted by molar-refractivity contribution is 0.0827. The summed E-state index contributed by atoms with van der Waals surface area (Å²) < 4.78 is 7.21. The van der Waals surface area contributed by atoms with Gasteiger partial charge in [-0.25, -0.2) is 9.97 Å². The van der Waals surface area contributed by atoms with Gasteiger partial charge in [0, 0.05) is 33.3 Å². The van der Waals surface area contributed by atoms with Crippen LogP contribution in [0.1, 0.15) is 33.1 Å². The second-order valence-corrected chi connectivity index (χ2v) is 9.83. The monoisotopic (exact) mass is 521 g/mol. The third kappa shape index (κ3) is 4.12. The summed E-state index contributed by atoms with van der Waals surface area (Å²) in [5.41, 5.74) is 4.17. The number of hydrogen-bond donors (Lipinski definition) is 1. The van der Waals surface area contributed by atoms with E-state index in [1.807, 2.05) is 65.6 Å². The van der Waals surface area contributed by atoms with Crippen LogP contribution in [0.3, 0.4) is 0 Å². The smallest absolute Gasteiger partial charge is 0.297 e. The number of benzene rings is 3. The average molecular weight is 522 g/mol. The third-order valence-corrected chi connectivity index (χ3v) is 7.14. The highest BCUT2D eigenvalue weighted by Gasteiger charge is 2.33. The summed E-state index contributed by atoms with van der Waals surface area (Å²) in [5, 5.41) is 10.8. The van der Waals surface area contributed by atoms with E-state index in [-0.39, 0.29) is 23.5 Å². The topological polar surface area (TPSA) is 105 Å². The molecule has 5 aromatic rings. The molecule has 3 aromatic carbocycles. The maximum atomic E-state index is 13.3. The number of amides is 1. The number of hydrogen-bond acceptors (Lipinski definition) is 7. The maximum Gasteiger partial charge on any atom is 0.297 e. The van der Waals surface area contributed by atoms with Gasteiger partial charge in [0.05, 0.1) is 6.04 Å². The molecule has 39 heavy (non-hydrogen) atoms. The van der Waals surface area contributed by atoms with Crippen molar-refractivity contribution < 1.29 is 14.3 Å². The largest absolute Gasteiger partial charge is 0.501 e. The molecular weight excluding hydrogens is 494 g/mol. The lowest BCUT2D eigenvalue weighted by atomic mass is 9.87. The van der Waals surface area contributed by atoms with Crippen LogP contribution in [0.15, 0.2) is 82.0 Å².